The van der Waals surface area contributed by atoms with Crippen LogP contribution in [-0.4, -0.2) is 63.3 Å². The number of sulfonamides is 1. The summed E-state index contributed by atoms with van der Waals surface area (Å²) in [5.74, 6) is -1.11. The number of benzene rings is 1. The highest BCUT2D eigenvalue weighted by Gasteiger charge is 2.23. The molecule has 0 aromatic heterocycles. The number of hydrogen-bond acceptors (Lipinski definition) is 5. The summed E-state index contributed by atoms with van der Waals surface area (Å²) in [5, 5.41) is -0.000493. The van der Waals surface area contributed by atoms with E-state index in [0.717, 1.165) is 10.4 Å². The first-order chi connectivity index (χ1) is 11.1. The maximum absolute atomic E-state index is 12.2. The molecule has 134 valence electrons. The molecule has 0 atom stereocenters. The molecule has 0 radical (unpaired) electrons. The van der Waals surface area contributed by atoms with Gasteiger partial charge in [-0.05, 0) is 32.0 Å². The van der Waals surface area contributed by atoms with E-state index in [0.29, 0.717) is 13.1 Å². The van der Waals surface area contributed by atoms with Crippen molar-refractivity contribution in [3.05, 3.63) is 28.8 Å². The zero-order valence-electron chi connectivity index (χ0n) is 14.1. The van der Waals surface area contributed by atoms with E-state index in [1.54, 1.807) is 0 Å². The van der Waals surface area contributed by atoms with Crippen molar-refractivity contribution in [1.82, 2.24) is 9.21 Å². The minimum absolute atomic E-state index is 0.000493. The number of amides is 1. The van der Waals surface area contributed by atoms with Crippen molar-refractivity contribution in [2.24, 2.45) is 0 Å². The van der Waals surface area contributed by atoms with Crippen LogP contribution in [-0.2, 0) is 19.6 Å². The van der Waals surface area contributed by atoms with Gasteiger partial charge in [-0.15, -0.1) is 0 Å². The molecule has 0 aliphatic rings. The topological polar surface area (TPSA) is 84.0 Å². The van der Waals surface area contributed by atoms with E-state index in [-0.39, 0.29) is 21.4 Å². The van der Waals surface area contributed by atoms with E-state index >= 15 is 0 Å². The molecule has 1 aromatic rings. The van der Waals surface area contributed by atoms with Gasteiger partial charge in [0.25, 0.3) is 5.91 Å². The summed E-state index contributed by atoms with van der Waals surface area (Å²) in [6.45, 7) is 4.26. The van der Waals surface area contributed by atoms with Crippen LogP contribution in [0.1, 0.15) is 24.2 Å². The lowest BCUT2D eigenvalue weighted by Gasteiger charge is -2.18. The number of rotatable bonds is 7. The second-order valence-electron chi connectivity index (χ2n) is 5.07. The van der Waals surface area contributed by atoms with Crippen molar-refractivity contribution < 1.29 is 22.7 Å². The van der Waals surface area contributed by atoms with Gasteiger partial charge in [-0.25, -0.2) is 17.5 Å². The summed E-state index contributed by atoms with van der Waals surface area (Å²) < 4.78 is 30.3. The lowest BCUT2D eigenvalue weighted by atomic mass is 10.2. The van der Waals surface area contributed by atoms with E-state index in [9.17, 15) is 18.0 Å². The number of ether oxygens (including phenoxy) is 1. The Balaban J connectivity index is 2.96. The zero-order valence-corrected chi connectivity index (χ0v) is 15.6. The lowest BCUT2D eigenvalue weighted by molar-refractivity contribution is -0.134. The number of likely N-dealkylation sites (N-methyl/N-ethyl adjacent to an activating group) is 1. The van der Waals surface area contributed by atoms with E-state index in [1.165, 1.54) is 31.1 Å². The number of nitrogens with zero attached hydrogens (tertiary/aromatic N) is 2. The van der Waals surface area contributed by atoms with Crippen molar-refractivity contribution >= 4 is 33.5 Å². The first-order valence-corrected chi connectivity index (χ1v) is 9.13. The molecule has 0 saturated heterocycles. The average molecular weight is 377 g/mol. The Kier molecular flexibility index (Phi) is 7.19. The second kappa shape index (κ2) is 8.46. The molecule has 0 unspecified atom stereocenters. The first-order valence-electron chi connectivity index (χ1n) is 7.32. The standard InChI is InChI=1S/C15H21ClN2O5S/c1-5-18(6-2)14(19)10-23-15(20)11-7-8-12(16)13(9-11)24(21,22)17(3)4/h7-9H,5-6,10H2,1-4H3. The Labute approximate surface area is 147 Å². The van der Waals surface area contributed by atoms with Crippen molar-refractivity contribution in [2.45, 2.75) is 18.7 Å². The molecular weight excluding hydrogens is 356 g/mol. The maximum Gasteiger partial charge on any atom is 0.338 e. The largest absolute Gasteiger partial charge is 0.452 e. The molecule has 24 heavy (non-hydrogen) atoms. The van der Waals surface area contributed by atoms with Crippen LogP contribution >= 0.6 is 11.6 Å². The third-order valence-corrected chi connectivity index (χ3v) is 5.67. The Morgan fingerprint density at radius 1 is 1.17 bits per heavy atom. The summed E-state index contributed by atoms with van der Waals surface area (Å²) in [6.07, 6.45) is 0. The van der Waals surface area contributed by atoms with Crippen LogP contribution in [0.25, 0.3) is 0 Å². The maximum atomic E-state index is 12.2. The van der Waals surface area contributed by atoms with E-state index in [2.05, 4.69) is 0 Å². The summed E-state index contributed by atoms with van der Waals surface area (Å²) >= 11 is 5.92. The Hall–Kier alpha value is -1.64. The molecule has 0 N–H and O–H groups in total. The second-order valence-corrected chi connectivity index (χ2v) is 7.60. The molecule has 1 aromatic carbocycles. The average Bonchev–Trinajstić information content (AvgIpc) is 2.53. The zero-order chi connectivity index (χ0) is 18.5. The predicted molar refractivity (Wildman–Crippen MR) is 90.5 cm³/mol. The third-order valence-electron chi connectivity index (χ3n) is 3.37. The molecule has 0 aliphatic carbocycles. The molecule has 9 heteroatoms. The molecule has 0 heterocycles. The van der Waals surface area contributed by atoms with Gasteiger partial charge in [0, 0.05) is 27.2 Å². The van der Waals surface area contributed by atoms with Gasteiger partial charge >= 0.3 is 5.97 Å². The van der Waals surface area contributed by atoms with Crippen LogP contribution in [0.2, 0.25) is 5.02 Å². The van der Waals surface area contributed by atoms with Gasteiger partial charge in [0.2, 0.25) is 10.0 Å². The third kappa shape index (κ3) is 4.68. The number of hydrogen-bond donors (Lipinski definition) is 0. The van der Waals surface area contributed by atoms with Crippen LogP contribution in [0.15, 0.2) is 23.1 Å². The highest BCUT2D eigenvalue weighted by atomic mass is 35.5. The summed E-state index contributed by atoms with van der Waals surface area (Å²) in [7, 11) is -1.08. The Morgan fingerprint density at radius 2 is 1.75 bits per heavy atom. The van der Waals surface area contributed by atoms with Crippen molar-refractivity contribution in [3.63, 3.8) is 0 Å². The molecule has 0 saturated carbocycles. The summed E-state index contributed by atoms with van der Waals surface area (Å²) in [5.41, 5.74) is 0.00664. The smallest absolute Gasteiger partial charge is 0.338 e. The minimum atomic E-state index is -3.80. The van der Waals surface area contributed by atoms with Gasteiger partial charge in [-0.3, -0.25) is 4.79 Å². The number of halogens is 1. The minimum Gasteiger partial charge on any atom is -0.452 e. The van der Waals surface area contributed by atoms with Crippen molar-refractivity contribution in [3.8, 4) is 0 Å². The van der Waals surface area contributed by atoms with Gasteiger partial charge in [-0.1, -0.05) is 11.6 Å². The number of carbonyl (C=O) groups is 2. The van der Waals surface area contributed by atoms with Crippen LogP contribution in [0, 0.1) is 0 Å². The van der Waals surface area contributed by atoms with Gasteiger partial charge in [0.15, 0.2) is 6.61 Å². The summed E-state index contributed by atoms with van der Waals surface area (Å²) in [6, 6.07) is 3.80. The van der Waals surface area contributed by atoms with Crippen LogP contribution in [0.5, 0.6) is 0 Å². The van der Waals surface area contributed by atoms with Gasteiger partial charge in [-0.2, -0.15) is 0 Å². The fourth-order valence-corrected chi connectivity index (χ4v) is 3.30. The fraction of sp³-hybridized carbons (Fsp3) is 0.467. The molecule has 0 aliphatic heterocycles. The first kappa shape index (κ1) is 20.4. The quantitative estimate of drug-likeness (QED) is 0.675. The van der Waals surface area contributed by atoms with Crippen molar-refractivity contribution in [2.75, 3.05) is 33.8 Å². The molecule has 1 amide bonds. The molecule has 7 nitrogen and oxygen atoms in total. The van der Waals surface area contributed by atoms with Crippen LogP contribution in [0.4, 0.5) is 0 Å². The monoisotopic (exact) mass is 376 g/mol. The number of carbonyl (C=O) groups excluding carboxylic acids is 2. The Morgan fingerprint density at radius 3 is 2.25 bits per heavy atom. The SMILES string of the molecule is CCN(CC)C(=O)COC(=O)c1ccc(Cl)c(S(=O)(=O)N(C)C)c1. The van der Waals surface area contributed by atoms with Crippen molar-refractivity contribution in [1.29, 1.82) is 0 Å². The predicted octanol–water partition coefficient (Wildman–Crippen LogP) is 1.62. The van der Waals surface area contributed by atoms with Crippen LogP contribution in [0.3, 0.4) is 0 Å². The van der Waals surface area contributed by atoms with Gasteiger partial charge < -0.3 is 9.64 Å². The molecule has 0 bridgehead atoms. The highest BCUT2D eigenvalue weighted by molar-refractivity contribution is 7.89. The molecule has 1 rings (SSSR count). The van der Waals surface area contributed by atoms with E-state index in [1.807, 2.05) is 13.8 Å². The van der Waals surface area contributed by atoms with E-state index in [4.69, 9.17) is 16.3 Å². The summed E-state index contributed by atoms with van der Waals surface area (Å²) in [4.78, 5) is 25.2. The molecule has 0 fully saturated rings. The fourth-order valence-electron chi connectivity index (χ4n) is 1.90. The van der Waals surface area contributed by atoms with E-state index < -0.39 is 22.6 Å². The van der Waals surface area contributed by atoms with Gasteiger partial charge in [0.05, 0.1) is 10.6 Å². The van der Waals surface area contributed by atoms with Crippen LogP contribution < -0.4 is 0 Å². The Bertz CT molecular complexity index is 715. The number of esters is 1. The lowest BCUT2D eigenvalue weighted by Crippen LogP contribution is -2.34. The van der Waals surface area contributed by atoms with Gasteiger partial charge in [0.1, 0.15) is 4.90 Å². The molecule has 0 spiro atoms. The normalized spacial score (nSPS) is 11.4. The highest BCUT2D eigenvalue weighted by Crippen LogP contribution is 2.25. The molecular formula is C15H21ClN2O5S.